The summed E-state index contributed by atoms with van der Waals surface area (Å²) in [6, 6.07) is 6.88. The Hall–Kier alpha value is -2.45. The Morgan fingerprint density at radius 2 is 1.75 bits per heavy atom. The number of halogens is 1. The predicted molar refractivity (Wildman–Crippen MR) is 109 cm³/mol. The molecule has 2 aromatic rings. The summed E-state index contributed by atoms with van der Waals surface area (Å²) in [4.78, 5) is 28.8. The van der Waals surface area contributed by atoms with Crippen LogP contribution < -0.4 is 16.0 Å². The molecule has 1 aromatic carbocycles. The second kappa shape index (κ2) is 8.70. The number of benzene rings is 1. The van der Waals surface area contributed by atoms with E-state index < -0.39 is 0 Å². The molecule has 150 valence electrons. The summed E-state index contributed by atoms with van der Waals surface area (Å²) in [7, 11) is 1.78. The highest BCUT2D eigenvalue weighted by Gasteiger charge is 2.29. The van der Waals surface area contributed by atoms with Gasteiger partial charge in [0.15, 0.2) is 5.82 Å². The number of nitrogens with one attached hydrogen (secondary N) is 3. The highest BCUT2D eigenvalue weighted by Crippen LogP contribution is 2.30. The highest BCUT2D eigenvalue weighted by molar-refractivity contribution is 6.04. The minimum absolute atomic E-state index is 0. The summed E-state index contributed by atoms with van der Waals surface area (Å²) in [6.07, 6.45) is 3.93. The second-order valence-corrected chi connectivity index (χ2v) is 7.24. The average Bonchev–Trinajstić information content (AvgIpc) is 3.48. The number of amides is 2. The lowest BCUT2D eigenvalue weighted by molar-refractivity contribution is -0.117. The van der Waals surface area contributed by atoms with Gasteiger partial charge in [0.25, 0.3) is 5.91 Å². The van der Waals surface area contributed by atoms with Crippen LogP contribution in [-0.2, 0) is 11.8 Å². The zero-order valence-electron chi connectivity index (χ0n) is 15.8. The van der Waals surface area contributed by atoms with E-state index >= 15 is 0 Å². The molecule has 1 aromatic heterocycles. The van der Waals surface area contributed by atoms with Gasteiger partial charge in [-0.25, -0.2) is 4.68 Å². The number of anilines is 2. The average molecular weight is 405 g/mol. The zero-order chi connectivity index (χ0) is 18.8. The third-order valence-electron chi connectivity index (χ3n) is 5.07. The van der Waals surface area contributed by atoms with Crippen molar-refractivity contribution in [3.63, 3.8) is 0 Å². The molecule has 8 nitrogen and oxygen atoms in total. The first-order chi connectivity index (χ1) is 13.1. The zero-order valence-corrected chi connectivity index (χ0v) is 16.6. The summed E-state index contributed by atoms with van der Waals surface area (Å²) in [6.45, 7) is 1.93. The van der Waals surface area contributed by atoms with Gasteiger partial charge in [-0.1, -0.05) is 0 Å². The van der Waals surface area contributed by atoms with Gasteiger partial charge in [0, 0.05) is 30.1 Å². The number of nitrogens with zero attached hydrogens (tertiary/aromatic N) is 3. The molecule has 0 spiro atoms. The number of aromatic nitrogens is 3. The minimum atomic E-state index is -0.248. The van der Waals surface area contributed by atoms with Gasteiger partial charge < -0.3 is 10.6 Å². The Balaban J connectivity index is 0.00000225. The smallest absolute Gasteiger partial charge is 0.258 e. The van der Waals surface area contributed by atoms with Crippen molar-refractivity contribution in [3.8, 4) is 0 Å². The van der Waals surface area contributed by atoms with Gasteiger partial charge in [0.2, 0.25) is 11.9 Å². The summed E-state index contributed by atoms with van der Waals surface area (Å²) < 4.78 is 1.61. The molecule has 2 heterocycles. The molecular formula is C19H25ClN6O2. The molecule has 0 unspecified atom stereocenters. The van der Waals surface area contributed by atoms with Crippen molar-refractivity contribution in [1.82, 2.24) is 20.1 Å². The summed E-state index contributed by atoms with van der Waals surface area (Å²) in [5.41, 5.74) is 1.21. The monoisotopic (exact) mass is 404 g/mol. The van der Waals surface area contributed by atoms with Crippen LogP contribution in [0.15, 0.2) is 24.3 Å². The third-order valence-corrected chi connectivity index (χ3v) is 5.07. The maximum atomic E-state index is 12.5. The first-order valence-electron chi connectivity index (χ1n) is 9.44. The second-order valence-electron chi connectivity index (χ2n) is 7.24. The Morgan fingerprint density at radius 3 is 2.39 bits per heavy atom. The molecule has 0 radical (unpaired) electrons. The number of piperidine rings is 1. The number of hydrogen-bond acceptors (Lipinski definition) is 5. The number of carbonyl (C=O) groups excluding carboxylic acids is 2. The van der Waals surface area contributed by atoms with Gasteiger partial charge in [-0.05, 0) is 63.0 Å². The highest BCUT2D eigenvalue weighted by atomic mass is 35.5. The van der Waals surface area contributed by atoms with Crippen LogP contribution in [0, 0.1) is 5.92 Å². The van der Waals surface area contributed by atoms with Crippen LogP contribution in [0.5, 0.6) is 0 Å². The van der Waals surface area contributed by atoms with Gasteiger partial charge >= 0.3 is 0 Å². The molecule has 1 saturated carbocycles. The van der Waals surface area contributed by atoms with Gasteiger partial charge in [-0.15, -0.1) is 12.4 Å². The molecule has 3 N–H and O–H groups in total. The maximum Gasteiger partial charge on any atom is 0.258 e. The minimum Gasteiger partial charge on any atom is -0.326 e. The van der Waals surface area contributed by atoms with Crippen LogP contribution in [0.25, 0.3) is 0 Å². The number of carbonyl (C=O) groups is 2. The Kier molecular flexibility index (Phi) is 6.31. The fourth-order valence-electron chi connectivity index (χ4n) is 3.23. The first kappa shape index (κ1) is 20.3. The number of hydrogen-bond donors (Lipinski definition) is 3. The van der Waals surface area contributed by atoms with Crippen molar-refractivity contribution in [2.45, 2.75) is 31.6 Å². The third kappa shape index (κ3) is 4.69. The van der Waals surface area contributed by atoms with E-state index in [0.29, 0.717) is 23.1 Å². The van der Waals surface area contributed by atoms with E-state index in [1.807, 2.05) is 0 Å². The molecule has 2 amide bonds. The lowest BCUT2D eigenvalue weighted by Crippen LogP contribution is -2.27. The normalized spacial score (nSPS) is 16.9. The quantitative estimate of drug-likeness (QED) is 0.709. The summed E-state index contributed by atoms with van der Waals surface area (Å²) in [5.74, 6) is 1.52. The molecule has 4 rings (SSSR count). The first-order valence-corrected chi connectivity index (χ1v) is 9.44. The molecule has 1 saturated heterocycles. The van der Waals surface area contributed by atoms with Crippen LogP contribution in [0.1, 0.15) is 47.8 Å². The fourth-order valence-corrected chi connectivity index (χ4v) is 3.23. The van der Waals surface area contributed by atoms with E-state index in [1.54, 1.807) is 36.0 Å². The molecule has 9 heteroatoms. The van der Waals surface area contributed by atoms with Crippen LogP contribution >= 0.6 is 12.4 Å². The van der Waals surface area contributed by atoms with Gasteiger partial charge in [0.05, 0.1) is 0 Å². The topological polar surface area (TPSA) is 101 Å². The van der Waals surface area contributed by atoms with Crippen LogP contribution in [-0.4, -0.2) is 39.7 Å². The van der Waals surface area contributed by atoms with Crippen LogP contribution in [0.4, 0.5) is 11.6 Å². The van der Waals surface area contributed by atoms with Gasteiger partial charge in [0.1, 0.15) is 0 Å². The molecular weight excluding hydrogens is 380 g/mol. The molecule has 2 fully saturated rings. The Bertz CT molecular complexity index is 841. The lowest BCUT2D eigenvalue weighted by atomic mass is 9.98. The van der Waals surface area contributed by atoms with Gasteiger partial charge in [-0.3, -0.25) is 14.9 Å². The van der Waals surface area contributed by atoms with Crippen molar-refractivity contribution in [3.05, 3.63) is 35.7 Å². The van der Waals surface area contributed by atoms with E-state index in [0.717, 1.165) is 44.6 Å². The van der Waals surface area contributed by atoms with Crippen molar-refractivity contribution >= 4 is 35.9 Å². The van der Waals surface area contributed by atoms with Crippen molar-refractivity contribution in [1.29, 1.82) is 0 Å². The Morgan fingerprint density at radius 1 is 1.07 bits per heavy atom. The number of rotatable bonds is 5. The van der Waals surface area contributed by atoms with Crippen LogP contribution in [0.2, 0.25) is 0 Å². The van der Waals surface area contributed by atoms with Crippen LogP contribution in [0.3, 0.4) is 0 Å². The molecule has 0 atom stereocenters. The van der Waals surface area contributed by atoms with E-state index in [4.69, 9.17) is 0 Å². The molecule has 1 aliphatic heterocycles. The van der Waals surface area contributed by atoms with Crippen molar-refractivity contribution in [2.24, 2.45) is 13.0 Å². The SMILES string of the molecule is Cl.Cn1nc(C2CCNCC2)nc1NC(=O)c1ccc(NC(=O)C2CC2)cc1. The summed E-state index contributed by atoms with van der Waals surface area (Å²) in [5, 5.41) is 13.5. The lowest BCUT2D eigenvalue weighted by Gasteiger charge is -2.19. The molecule has 0 bridgehead atoms. The maximum absolute atomic E-state index is 12.5. The van der Waals surface area contributed by atoms with E-state index in [9.17, 15) is 9.59 Å². The van der Waals surface area contributed by atoms with E-state index in [1.165, 1.54) is 0 Å². The predicted octanol–water partition coefficient (Wildman–Crippen LogP) is 2.30. The fraction of sp³-hybridized carbons (Fsp3) is 0.474. The van der Waals surface area contributed by atoms with Crippen molar-refractivity contribution < 1.29 is 9.59 Å². The largest absolute Gasteiger partial charge is 0.326 e. The van der Waals surface area contributed by atoms with E-state index in [2.05, 4.69) is 26.0 Å². The molecule has 2 aliphatic rings. The number of aryl methyl sites for hydroxylation is 1. The Labute approximate surface area is 169 Å². The van der Waals surface area contributed by atoms with Gasteiger partial charge in [-0.2, -0.15) is 10.1 Å². The molecule has 1 aliphatic carbocycles. The summed E-state index contributed by atoms with van der Waals surface area (Å²) >= 11 is 0. The van der Waals surface area contributed by atoms with Crippen molar-refractivity contribution in [2.75, 3.05) is 23.7 Å². The van der Waals surface area contributed by atoms with E-state index in [-0.39, 0.29) is 30.1 Å². The molecule has 28 heavy (non-hydrogen) atoms. The standard InChI is InChI=1S/C19H24N6O2.ClH/c1-25-19(22-16(24-25)12-8-10-20-11-9-12)23-18(27)14-4-6-15(7-5-14)21-17(26)13-2-3-13;/h4-7,12-13,20H,2-3,8-11H2,1H3,(H,21,26)(H,22,23,24,27);1H.